The Morgan fingerprint density at radius 2 is 1.13 bits per heavy atom. The van der Waals surface area contributed by atoms with Crippen LogP contribution in [0.3, 0.4) is 0 Å². The minimum Gasteiger partial charge on any atom is -0.481 e. The zero-order chi connectivity index (χ0) is 23.6. The van der Waals surface area contributed by atoms with Gasteiger partial charge in [0.25, 0.3) is 0 Å². The Balaban J connectivity index is 0. The summed E-state index contributed by atoms with van der Waals surface area (Å²) in [6.45, 7) is 8.66. The van der Waals surface area contributed by atoms with Crippen LogP contribution in [-0.4, -0.2) is 17.2 Å². The Hall–Kier alpha value is -1.13. The van der Waals surface area contributed by atoms with E-state index in [0.29, 0.717) is 6.42 Å². The normalized spacial score (nSPS) is 11.6. The van der Waals surface area contributed by atoms with Crippen molar-refractivity contribution < 1.29 is 14.7 Å². The molecular weight excluding hydrogens is 390 g/mol. The highest BCUT2D eigenvalue weighted by Gasteiger charge is 2.01. The van der Waals surface area contributed by atoms with Gasteiger partial charge < -0.3 is 9.94 Å². The van der Waals surface area contributed by atoms with E-state index in [1.807, 2.05) is 6.92 Å². The van der Waals surface area contributed by atoms with Crippen LogP contribution >= 0.6 is 0 Å². The van der Waals surface area contributed by atoms with Crippen LogP contribution in [0.15, 0.2) is 5.34 Å². The monoisotopic (exact) mass is 443 g/mol. The van der Waals surface area contributed by atoms with E-state index in [9.17, 15) is 9.70 Å². The molecule has 0 aliphatic heterocycles. The molecule has 0 rings (SSSR count). The highest BCUT2D eigenvalue weighted by molar-refractivity contribution is 5.66. The Morgan fingerprint density at radius 1 is 0.710 bits per heavy atom. The van der Waals surface area contributed by atoms with Crippen LogP contribution in [-0.2, 0) is 9.63 Å². The van der Waals surface area contributed by atoms with Gasteiger partial charge in [-0.05, 0) is 32.1 Å². The SMILES string of the molecule is CC(C)CCCCCCCCCCCCCCC(=O)O.CCCCCCC(C)ON=O. The number of hydrogen-bond donors (Lipinski definition) is 1. The molecule has 1 N–H and O–H groups in total. The number of hydrogen-bond acceptors (Lipinski definition) is 4. The zero-order valence-electron chi connectivity index (χ0n) is 21.2. The predicted octanol–water partition coefficient (Wildman–Crippen LogP) is 9.23. The number of nitrogens with zero attached hydrogens (tertiary/aromatic N) is 1. The number of rotatable bonds is 22. The van der Waals surface area contributed by atoms with Gasteiger partial charge in [-0.2, -0.15) is 0 Å². The van der Waals surface area contributed by atoms with Crippen molar-refractivity contribution >= 4 is 5.97 Å². The van der Waals surface area contributed by atoms with E-state index in [1.54, 1.807) is 0 Å². The van der Waals surface area contributed by atoms with Crippen molar-refractivity contribution in [3.8, 4) is 0 Å². The van der Waals surface area contributed by atoms with Crippen molar-refractivity contribution in [2.24, 2.45) is 11.3 Å². The molecule has 31 heavy (non-hydrogen) atoms. The summed E-state index contributed by atoms with van der Waals surface area (Å²) in [5, 5.41) is 10.9. The maximum atomic E-state index is 10.3. The van der Waals surface area contributed by atoms with Gasteiger partial charge in [0, 0.05) is 6.42 Å². The van der Waals surface area contributed by atoms with Crippen LogP contribution in [0.1, 0.15) is 150 Å². The van der Waals surface area contributed by atoms with E-state index in [0.717, 1.165) is 31.6 Å². The molecule has 0 saturated heterocycles. The minimum atomic E-state index is -0.654. The van der Waals surface area contributed by atoms with Gasteiger partial charge in [0.1, 0.15) is 6.10 Å². The van der Waals surface area contributed by atoms with Gasteiger partial charge in [-0.3, -0.25) is 4.79 Å². The summed E-state index contributed by atoms with van der Waals surface area (Å²) in [5.74, 6) is 0.212. The van der Waals surface area contributed by atoms with Gasteiger partial charge in [0.2, 0.25) is 0 Å². The van der Waals surface area contributed by atoms with Crippen molar-refractivity contribution in [3.63, 3.8) is 0 Å². The lowest BCUT2D eigenvalue weighted by Gasteiger charge is -2.05. The second-order valence-corrected chi connectivity index (χ2v) is 9.41. The van der Waals surface area contributed by atoms with Crippen molar-refractivity contribution in [2.45, 2.75) is 156 Å². The third-order valence-corrected chi connectivity index (χ3v) is 5.61. The molecule has 1 atom stereocenters. The van der Waals surface area contributed by atoms with E-state index in [4.69, 9.17) is 5.11 Å². The van der Waals surface area contributed by atoms with E-state index >= 15 is 0 Å². The zero-order valence-corrected chi connectivity index (χ0v) is 21.2. The molecule has 5 heteroatoms. The van der Waals surface area contributed by atoms with Crippen LogP contribution in [0.25, 0.3) is 0 Å². The summed E-state index contributed by atoms with van der Waals surface area (Å²) >= 11 is 0. The Morgan fingerprint density at radius 3 is 1.55 bits per heavy atom. The summed E-state index contributed by atoms with van der Waals surface area (Å²) < 4.78 is 0. The summed E-state index contributed by atoms with van der Waals surface area (Å²) in [4.78, 5) is 24.5. The lowest BCUT2D eigenvalue weighted by atomic mass is 10.0. The minimum absolute atomic E-state index is 0.00986. The maximum Gasteiger partial charge on any atom is 0.303 e. The third-order valence-electron chi connectivity index (χ3n) is 5.61. The average molecular weight is 444 g/mol. The van der Waals surface area contributed by atoms with Gasteiger partial charge in [0.05, 0.1) is 0 Å². The van der Waals surface area contributed by atoms with Gasteiger partial charge in [-0.1, -0.05) is 117 Å². The smallest absolute Gasteiger partial charge is 0.303 e. The summed E-state index contributed by atoms with van der Waals surface area (Å²) in [6, 6.07) is 0. The molecule has 5 nitrogen and oxygen atoms in total. The van der Waals surface area contributed by atoms with Gasteiger partial charge in [-0.15, -0.1) is 4.91 Å². The van der Waals surface area contributed by atoms with Crippen molar-refractivity contribution in [3.05, 3.63) is 4.91 Å². The van der Waals surface area contributed by atoms with Crippen LogP contribution in [0.5, 0.6) is 0 Å². The molecule has 0 radical (unpaired) electrons. The van der Waals surface area contributed by atoms with Crippen LogP contribution in [0.2, 0.25) is 0 Å². The first kappa shape index (κ1) is 32.1. The molecule has 0 aromatic rings. The topological polar surface area (TPSA) is 76.0 Å². The molecule has 0 aliphatic carbocycles. The van der Waals surface area contributed by atoms with E-state index in [2.05, 4.69) is 30.9 Å². The molecule has 0 aliphatic rings. The molecule has 0 amide bonds. The van der Waals surface area contributed by atoms with E-state index in [1.165, 1.54) is 89.9 Å². The van der Waals surface area contributed by atoms with Crippen LogP contribution in [0.4, 0.5) is 0 Å². The summed E-state index contributed by atoms with van der Waals surface area (Å²) in [7, 11) is 0. The second-order valence-electron chi connectivity index (χ2n) is 9.41. The van der Waals surface area contributed by atoms with Gasteiger partial charge in [0.15, 0.2) is 5.34 Å². The Bertz CT molecular complexity index is 374. The first-order valence-electron chi connectivity index (χ1n) is 13.1. The number of carboxylic acids is 1. The largest absolute Gasteiger partial charge is 0.481 e. The number of carboxylic acid groups (broad SMARTS) is 1. The van der Waals surface area contributed by atoms with Crippen LogP contribution in [0, 0.1) is 10.8 Å². The van der Waals surface area contributed by atoms with E-state index < -0.39 is 5.97 Å². The third kappa shape index (κ3) is 33.7. The Labute approximate surface area is 193 Å². The van der Waals surface area contributed by atoms with E-state index in [-0.39, 0.29) is 6.10 Å². The standard InChI is InChI=1S/C18H36O2.C8H17NO2/c1-17(2)15-13-11-9-7-5-3-4-6-8-10-12-14-16-18(19)20;1-3-4-5-6-7-8(2)11-9-10/h17H,3-16H2,1-2H3,(H,19,20);8H,3-7H2,1-2H3. The number of aliphatic carboxylic acids is 1. The predicted molar refractivity (Wildman–Crippen MR) is 132 cm³/mol. The van der Waals surface area contributed by atoms with Gasteiger partial charge in [-0.25, -0.2) is 0 Å². The molecule has 186 valence electrons. The molecule has 0 aromatic heterocycles. The fraction of sp³-hybridized carbons (Fsp3) is 0.962. The average Bonchev–Trinajstić information content (AvgIpc) is 2.72. The first-order valence-corrected chi connectivity index (χ1v) is 13.1. The number of carbonyl (C=O) groups is 1. The molecule has 1 unspecified atom stereocenters. The molecule has 0 fully saturated rings. The van der Waals surface area contributed by atoms with Crippen LogP contribution < -0.4 is 0 Å². The molecule has 0 spiro atoms. The van der Waals surface area contributed by atoms with Gasteiger partial charge >= 0.3 is 5.97 Å². The summed E-state index contributed by atoms with van der Waals surface area (Å²) in [5.41, 5.74) is 0. The molecule has 0 saturated carbocycles. The molecule has 0 heterocycles. The quantitative estimate of drug-likeness (QED) is 0.103. The molecule has 0 bridgehead atoms. The summed E-state index contributed by atoms with van der Waals surface area (Å²) in [6.07, 6.45) is 23.1. The number of unbranched alkanes of at least 4 members (excludes halogenated alkanes) is 14. The molecular formula is C26H53NO4. The lowest BCUT2D eigenvalue weighted by Crippen LogP contribution is -2.02. The second kappa shape index (κ2) is 26.9. The highest BCUT2D eigenvalue weighted by Crippen LogP contribution is 2.14. The molecule has 0 aromatic carbocycles. The highest BCUT2D eigenvalue weighted by atomic mass is 16.7. The fourth-order valence-electron chi connectivity index (χ4n) is 3.58. The Kier molecular flexibility index (Phi) is 27.8. The van der Waals surface area contributed by atoms with Crippen molar-refractivity contribution in [2.75, 3.05) is 0 Å². The fourth-order valence-corrected chi connectivity index (χ4v) is 3.58. The van der Waals surface area contributed by atoms with Crippen molar-refractivity contribution in [1.29, 1.82) is 0 Å². The lowest BCUT2D eigenvalue weighted by molar-refractivity contribution is -0.137. The first-order chi connectivity index (χ1) is 14.9. The maximum absolute atomic E-state index is 10.3. The van der Waals surface area contributed by atoms with Crippen molar-refractivity contribution in [1.82, 2.24) is 0 Å².